The highest BCUT2D eigenvalue weighted by atomic mass is 32.1. The summed E-state index contributed by atoms with van der Waals surface area (Å²) in [4.78, 5) is 23.6. The van der Waals surface area contributed by atoms with Crippen LogP contribution in [0.2, 0.25) is 18.1 Å². The van der Waals surface area contributed by atoms with E-state index in [2.05, 4.69) is 59.1 Å². The minimum absolute atomic E-state index is 0.0519. The molecular weight excluding hydrogens is 504 g/mol. The van der Waals surface area contributed by atoms with Gasteiger partial charge in [-0.25, -0.2) is 9.59 Å². The summed E-state index contributed by atoms with van der Waals surface area (Å²) in [5.74, 6) is -2.25. The van der Waals surface area contributed by atoms with Crippen LogP contribution in [0.4, 0.5) is 0 Å². The maximum atomic E-state index is 11.4. The molecule has 1 heterocycles. The van der Waals surface area contributed by atoms with Crippen molar-refractivity contribution >= 4 is 37.2 Å². The van der Waals surface area contributed by atoms with E-state index >= 15 is 0 Å². The Kier molecular flexibility index (Phi) is 11.6. The number of carboxylic acids is 2. The van der Waals surface area contributed by atoms with E-state index in [4.69, 9.17) is 9.16 Å². The van der Waals surface area contributed by atoms with E-state index in [9.17, 15) is 19.8 Å². The fourth-order valence-corrected chi connectivity index (χ4v) is 8.79. The Hall–Kier alpha value is -2.42. The fourth-order valence-electron chi connectivity index (χ4n) is 4.69. The van der Waals surface area contributed by atoms with Gasteiger partial charge in [-0.15, -0.1) is 11.3 Å². The third-order valence-electron chi connectivity index (χ3n) is 7.65. The molecule has 1 aromatic carbocycles. The SMILES string of the molecule is CCC(CC)(CC/C=C(\C)c1csc(COc2ccc(C(=O)O)c(C(=O)O)c2)c1)O[Si](CC)(CC)CC. The number of carboxylic acid groups (broad SMARTS) is 2. The number of aromatic carboxylic acids is 2. The number of hydrogen-bond donors (Lipinski definition) is 2. The fraction of sp³-hybridized carbons (Fsp3) is 0.517. The molecule has 0 unspecified atom stereocenters. The highest BCUT2D eigenvalue weighted by molar-refractivity contribution is 7.10. The molecule has 204 valence electrons. The molecule has 0 aliphatic heterocycles. The van der Waals surface area contributed by atoms with Gasteiger partial charge in [-0.05, 0) is 91.5 Å². The van der Waals surface area contributed by atoms with E-state index in [0.717, 1.165) is 54.3 Å². The third kappa shape index (κ3) is 8.03. The number of thiophene rings is 1. The normalized spacial score (nSPS) is 12.5. The quantitative estimate of drug-likeness (QED) is 0.205. The molecule has 0 aliphatic rings. The average molecular weight is 547 g/mol. The molecule has 0 aliphatic carbocycles. The zero-order valence-corrected chi connectivity index (χ0v) is 24.9. The van der Waals surface area contributed by atoms with Gasteiger partial charge < -0.3 is 19.4 Å². The molecule has 0 spiro atoms. The van der Waals surface area contributed by atoms with Crippen LogP contribution in [0.1, 0.15) is 98.4 Å². The van der Waals surface area contributed by atoms with Gasteiger partial charge in [-0.2, -0.15) is 0 Å². The van der Waals surface area contributed by atoms with E-state index in [-0.39, 0.29) is 23.3 Å². The van der Waals surface area contributed by atoms with Crippen molar-refractivity contribution in [2.24, 2.45) is 0 Å². The van der Waals surface area contributed by atoms with Gasteiger partial charge in [0.15, 0.2) is 8.32 Å². The van der Waals surface area contributed by atoms with Crippen LogP contribution in [-0.4, -0.2) is 36.1 Å². The minimum atomic E-state index is -1.68. The summed E-state index contributed by atoms with van der Waals surface area (Å²) in [5.41, 5.74) is 1.77. The Labute approximate surface area is 226 Å². The van der Waals surface area contributed by atoms with Crippen molar-refractivity contribution in [3.05, 3.63) is 57.3 Å². The van der Waals surface area contributed by atoms with Crippen molar-refractivity contribution in [2.75, 3.05) is 0 Å². The summed E-state index contributed by atoms with van der Waals surface area (Å²) >= 11 is 1.59. The Morgan fingerprint density at radius 1 is 0.973 bits per heavy atom. The monoisotopic (exact) mass is 546 g/mol. The maximum Gasteiger partial charge on any atom is 0.336 e. The smallest absolute Gasteiger partial charge is 0.336 e. The molecule has 0 fully saturated rings. The molecule has 2 N–H and O–H groups in total. The second-order valence-electron chi connectivity index (χ2n) is 9.57. The van der Waals surface area contributed by atoms with Gasteiger partial charge in [0.05, 0.1) is 16.7 Å². The van der Waals surface area contributed by atoms with Crippen LogP contribution in [-0.2, 0) is 11.0 Å². The van der Waals surface area contributed by atoms with E-state index < -0.39 is 20.3 Å². The standard InChI is InChI=1S/C29H42O6SSi/c1-7-29(8-2,35-37(9-3,10-4)11-5)16-12-13-21(6)22-17-24(36-20-22)19-34-23-14-15-25(27(30)31)26(18-23)28(32)33/h13-15,17-18,20H,7-12,16,19H2,1-6H3,(H,30,31)(H,32,33)/b21-13+. The minimum Gasteiger partial charge on any atom is -0.488 e. The van der Waals surface area contributed by atoms with Crippen molar-refractivity contribution < 1.29 is 29.0 Å². The third-order valence-corrected chi connectivity index (χ3v) is 13.3. The van der Waals surface area contributed by atoms with Gasteiger partial charge >= 0.3 is 11.9 Å². The molecule has 0 bridgehead atoms. The van der Waals surface area contributed by atoms with Crippen LogP contribution >= 0.6 is 11.3 Å². The lowest BCUT2D eigenvalue weighted by Gasteiger charge is -2.42. The molecule has 0 atom stereocenters. The summed E-state index contributed by atoms with van der Waals surface area (Å²) in [6, 6.07) is 9.59. The molecule has 2 rings (SSSR count). The first-order valence-corrected chi connectivity index (χ1v) is 16.7. The first kappa shape index (κ1) is 30.8. The topological polar surface area (TPSA) is 93.1 Å². The zero-order valence-electron chi connectivity index (χ0n) is 23.1. The molecule has 2 aromatic rings. The second kappa shape index (κ2) is 13.9. The molecule has 6 nitrogen and oxygen atoms in total. The van der Waals surface area contributed by atoms with E-state index in [0.29, 0.717) is 5.75 Å². The van der Waals surface area contributed by atoms with Gasteiger partial charge in [-0.1, -0.05) is 40.7 Å². The summed E-state index contributed by atoms with van der Waals surface area (Å²) in [5, 5.41) is 20.6. The zero-order chi connectivity index (χ0) is 27.6. The van der Waals surface area contributed by atoms with Crippen molar-refractivity contribution in [1.82, 2.24) is 0 Å². The molecule has 8 heteroatoms. The van der Waals surface area contributed by atoms with Crippen molar-refractivity contribution in [3.8, 4) is 5.75 Å². The number of benzene rings is 1. The molecule has 0 saturated carbocycles. The summed E-state index contributed by atoms with van der Waals surface area (Å²) < 4.78 is 12.8. The van der Waals surface area contributed by atoms with Crippen LogP contribution in [0.5, 0.6) is 5.75 Å². The van der Waals surface area contributed by atoms with Gasteiger partial charge in [0, 0.05) is 4.88 Å². The van der Waals surface area contributed by atoms with Gasteiger partial charge in [0.1, 0.15) is 12.4 Å². The lowest BCUT2D eigenvalue weighted by atomic mass is 9.91. The number of ether oxygens (including phenoxy) is 1. The molecule has 1 aromatic heterocycles. The van der Waals surface area contributed by atoms with Gasteiger partial charge in [-0.3, -0.25) is 0 Å². The Morgan fingerprint density at radius 3 is 2.14 bits per heavy atom. The van der Waals surface area contributed by atoms with E-state index in [1.807, 2.05) is 0 Å². The highest BCUT2D eigenvalue weighted by Gasteiger charge is 2.38. The van der Waals surface area contributed by atoms with Gasteiger partial charge in [0.2, 0.25) is 0 Å². The Morgan fingerprint density at radius 2 is 1.59 bits per heavy atom. The maximum absolute atomic E-state index is 11.4. The lowest BCUT2D eigenvalue weighted by molar-refractivity contribution is 0.0397. The van der Waals surface area contributed by atoms with Crippen LogP contribution in [0, 0.1) is 0 Å². The van der Waals surface area contributed by atoms with Gasteiger partial charge in [0.25, 0.3) is 0 Å². The first-order chi connectivity index (χ1) is 17.6. The number of rotatable bonds is 16. The largest absolute Gasteiger partial charge is 0.488 e. The molecular formula is C29H42O6SSi. The number of allylic oxidation sites excluding steroid dienone is 2. The highest BCUT2D eigenvalue weighted by Crippen LogP contribution is 2.36. The predicted molar refractivity (Wildman–Crippen MR) is 153 cm³/mol. The van der Waals surface area contributed by atoms with Crippen molar-refractivity contribution in [2.45, 2.75) is 97.6 Å². The summed E-state index contributed by atoms with van der Waals surface area (Å²) in [6.07, 6.45) is 6.34. The van der Waals surface area contributed by atoms with Crippen LogP contribution in [0.3, 0.4) is 0 Å². The second-order valence-corrected chi connectivity index (χ2v) is 15.3. The lowest BCUT2D eigenvalue weighted by Crippen LogP contribution is -2.46. The van der Waals surface area contributed by atoms with Crippen LogP contribution < -0.4 is 4.74 Å². The Bertz CT molecular complexity index is 1070. The van der Waals surface area contributed by atoms with E-state index in [1.54, 1.807) is 11.3 Å². The predicted octanol–water partition coefficient (Wildman–Crippen LogP) is 8.49. The molecule has 37 heavy (non-hydrogen) atoms. The number of carbonyl (C=O) groups is 2. The molecule has 0 amide bonds. The van der Waals surface area contributed by atoms with E-state index in [1.165, 1.54) is 23.8 Å². The van der Waals surface area contributed by atoms with Crippen LogP contribution in [0.15, 0.2) is 35.7 Å². The first-order valence-electron chi connectivity index (χ1n) is 13.3. The van der Waals surface area contributed by atoms with Crippen molar-refractivity contribution in [1.29, 1.82) is 0 Å². The molecule has 0 radical (unpaired) electrons. The van der Waals surface area contributed by atoms with Crippen molar-refractivity contribution in [3.63, 3.8) is 0 Å². The molecule has 0 saturated heterocycles. The Balaban J connectivity index is 2.04. The summed E-state index contributed by atoms with van der Waals surface area (Å²) in [6.45, 7) is 13.8. The summed E-state index contributed by atoms with van der Waals surface area (Å²) in [7, 11) is -1.68. The average Bonchev–Trinajstić information content (AvgIpc) is 3.39. The number of hydrogen-bond acceptors (Lipinski definition) is 5. The van der Waals surface area contributed by atoms with Crippen LogP contribution in [0.25, 0.3) is 5.57 Å².